The maximum Gasteiger partial charge on any atom is 0.181 e. The highest BCUT2D eigenvalue weighted by Gasteiger charge is 2.22. The minimum Gasteiger partial charge on any atom is -0.299 e. The first-order valence-corrected chi connectivity index (χ1v) is 9.29. The Kier molecular flexibility index (Phi) is 5.95. The highest BCUT2D eigenvalue weighted by molar-refractivity contribution is 9.10. The number of likely N-dealkylation sites (tertiary alicyclic amines) is 1. The predicted octanol–water partition coefficient (Wildman–Crippen LogP) is 4.20. The fourth-order valence-corrected chi connectivity index (χ4v) is 3.43. The Morgan fingerprint density at radius 3 is 2.52 bits per heavy atom. The van der Waals surface area contributed by atoms with Crippen LogP contribution in [0.2, 0.25) is 0 Å². The molecule has 25 heavy (non-hydrogen) atoms. The average Bonchev–Trinajstić information content (AvgIpc) is 2.64. The van der Waals surface area contributed by atoms with Crippen LogP contribution in [0.4, 0.5) is 0 Å². The van der Waals surface area contributed by atoms with Gasteiger partial charge in [-0.05, 0) is 77.6 Å². The first kappa shape index (κ1) is 17.8. The van der Waals surface area contributed by atoms with E-state index in [0.29, 0.717) is 23.6 Å². The Labute approximate surface area is 156 Å². The molecule has 1 saturated heterocycles. The van der Waals surface area contributed by atoms with Crippen LogP contribution in [0, 0.1) is 17.2 Å². The molecule has 0 atom stereocenters. The first-order valence-electron chi connectivity index (χ1n) is 8.50. The van der Waals surface area contributed by atoms with Gasteiger partial charge in [0.15, 0.2) is 5.78 Å². The molecule has 1 aliphatic heterocycles. The lowest BCUT2D eigenvalue weighted by molar-refractivity contribution is 0.0920. The highest BCUT2D eigenvalue weighted by Crippen LogP contribution is 2.23. The number of halogens is 1. The summed E-state index contributed by atoms with van der Waals surface area (Å²) in [5.74, 6) is 0.577. The van der Waals surface area contributed by atoms with E-state index in [9.17, 15) is 4.79 Å². The third-order valence-corrected chi connectivity index (χ3v) is 5.15. The van der Waals surface area contributed by atoms with E-state index in [1.165, 1.54) is 5.56 Å². The zero-order valence-corrected chi connectivity index (χ0v) is 15.6. The molecule has 0 spiro atoms. The van der Waals surface area contributed by atoms with Gasteiger partial charge in [-0.3, -0.25) is 14.7 Å². The fourth-order valence-electron chi connectivity index (χ4n) is 3.20. The minimum atomic E-state index is 0.137. The van der Waals surface area contributed by atoms with E-state index in [1.54, 1.807) is 12.3 Å². The van der Waals surface area contributed by atoms with Gasteiger partial charge in [-0.15, -0.1) is 0 Å². The summed E-state index contributed by atoms with van der Waals surface area (Å²) in [4.78, 5) is 19.0. The van der Waals surface area contributed by atoms with Crippen molar-refractivity contribution in [3.8, 4) is 6.07 Å². The maximum atomic E-state index is 12.3. The number of pyridine rings is 1. The SMILES string of the molecule is N#Cc1ccc(CN2CCC(CC(=O)c3ccc(Br)cn3)CC2)cc1. The van der Waals surface area contributed by atoms with Gasteiger partial charge in [0.1, 0.15) is 5.69 Å². The molecule has 0 unspecified atom stereocenters. The second kappa shape index (κ2) is 8.37. The Morgan fingerprint density at radius 2 is 1.92 bits per heavy atom. The van der Waals surface area contributed by atoms with Crippen molar-refractivity contribution in [1.29, 1.82) is 5.26 Å². The second-order valence-corrected chi connectivity index (χ2v) is 7.43. The van der Waals surface area contributed by atoms with E-state index < -0.39 is 0 Å². The molecule has 0 bridgehead atoms. The summed E-state index contributed by atoms with van der Waals surface area (Å²) in [5, 5.41) is 8.85. The van der Waals surface area contributed by atoms with Crippen molar-refractivity contribution in [1.82, 2.24) is 9.88 Å². The largest absolute Gasteiger partial charge is 0.299 e. The molecular weight excluding hydrogens is 378 g/mol. The molecule has 2 heterocycles. The second-order valence-electron chi connectivity index (χ2n) is 6.52. The van der Waals surface area contributed by atoms with Crippen LogP contribution < -0.4 is 0 Å². The van der Waals surface area contributed by atoms with Gasteiger partial charge in [-0.1, -0.05) is 12.1 Å². The molecule has 128 valence electrons. The maximum absolute atomic E-state index is 12.3. The van der Waals surface area contributed by atoms with Gasteiger partial charge < -0.3 is 0 Å². The summed E-state index contributed by atoms with van der Waals surface area (Å²) in [6.07, 6.45) is 4.34. The smallest absolute Gasteiger partial charge is 0.181 e. The van der Waals surface area contributed by atoms with E-state index in [4.69, 9.17) is 5.26 Å². The van der Waals surface area contributed by atoms with Gasteiger partial charge in [0, 0.05) is 23.6 Å². The van der Waals surface area contributed by atoms with E-state index >= 15 is 0 Å². The van der Waals surface area contributed by atoms with Crippen LogP contribution in [-0.4, -0.2) is 28.8 Å². The van der Waals surface area contributed by atoms with Crippen molar-refractivity contribution in [2.24, 2.45) is 5.92 Å². The number of Topliss-reactive ketones (excluding diaryl/α,β-unsaturated/α-hetero) is 1. The molecule has 1 aliphatic rings. The van der Waals surface area contributed by atoms with Crippen LogP contribution in [0.25, 0.3) is 0 Å². The molecule has 2 aromatic rings. The minimum absolute atomic E-state index is 0.137. The van der Waals surface area contributed by atoms with Gasteiger partial charge in [0.25, 0.3) is 0 Å². The molecule has 0 N–H and O–H groups in total. The number of benzene rings is 1. The lowest BCUT2D eigenvalue weighted by Crippen LogP contribution is -2.34. The van der Waals surface area contributed by atoms with Crippen molar-refractivity contribution in [2.75, 3.05) is 13.1 Å². The van der Waals surface area contributed by atoms with Crippen molar-refractivity contribution in [3.05, 3.63) is 63.9 Å². The van der Waals surface area contributed by atoms with Gasteiger partial charge in [-0.25, -0.2) is 0 Å². The number of piperidine rings is 1. The first-order chi connectivity index (χ1) is 12.1. The Morgan fingerprint density at radius 1 is 1.20 bits per heavy atom. The molecule has 3 rings (SSSR count). The molecule has 1 aromatic carbocycles. The van der Waals surface area contributed by atoms with E-state index in [-0.39, 0.29) is 5.78 Å². The predicted molar refractivity (Wildman–Crippen MR) is 100 cm³/mol. The van der Waals surface area contributed by atoms with E-state index in [2.05, 4.69) is 31.9 Å². The fraction of sp³-hybridized carbons (Fsp3) is 0.350. The lowest BCUT2D eigenvalue weighted by atomic mass is 9.90. The molecule has 1 aromatic heterocycles. The third-order valence-electron chi connectivity index (χ3n) is 4.68. The van der Waals surface area contributed by atoms with Crippen molar-refractivity contribution >= 4 is 21.7 Å². The zero-order valence-electron chi connectivity index (χ0n) is 14.0. The summed E-state index contributed by atoms with van der Waals surface area (Å²) in [6.45, 7) is 2.91. The van der Waals surface area contributed by atoms with Crippen LogP contribution >= 0.6 is 15.9 Å². The number of aromatic nitrogens is 1. The number of ketones is 1. The quantitative estimate of drug-likeness (QED) is 0.709. The highest BCUT2D eigenvalue weighted by atomic mass is 79.9. The van der Waals surface area contributed by atoms with Crippen LogP contribution in [-0.2, 0) is 6.54 Å². The summed E-state index contributed by atoms with van der Waals surface area (Å²) in [7, 11) is 0. The standard InChI is InChI=1S/C20H20BrN3O/c21-18-5-6-19(23-13-18)20(25)11-15-7-9-24(10-8-15)14-17-3-1-16(12-22)2-4-17/h1-6,13,15H,7-11,14H2. The number of nitriles is 1. The van der Waals surface area contributed by atoms with Crippen LogP contribution in [0.15, 0.2) is 47.1 Å². The average molecular weight is 398 g/mol. The Balaban J connectivity index is 1.47. The molecule has 1 fully saturated rings. The molecule has 0 saturated carbocycles. The van der Waals surface area contributed by atoms with E-state index in [0.717, 1.165) is 36.9 Å². The molecule has 5 heteroatoms. The van der Waals surface area contributed by atoms with Gasteiger partial charge in [0.2, 0.25) is 0 Å². The number of hydrogen-bond donors (Lipinski definition) is 0. The molecule has 0 amide bonds. The number of nitrogens with zero attached hydrogens (tertiary/aromatic N) is 3. The topological polar surface area (TPSA) is 57.0 Å². The molecule has 0 radical (unpaired) electrons. The summed E-state index contributed by atoms with van der Waals surface area (Å²) in [5.41, 5.74) is 2.48. The summed E-state index contributed by atoms with van der Waals surface area (Å²) < 4.78 is 0.889. The molecule has 4 nitrogen and oxygen atoms in total. The van der Waals surface area contributed by atoms with Gasteiger partial charge >= 0.3 is 0 Å². The van der Waals surface area contributed by atoms with Crippen molar-refractivity contribution in [3.63, 3.8) is 0 Å². The number of carbonyl (C=O) groups is 1. The van der Waals surface area contributed by atoms with E-state index in [1.807, 2.05) is 30.3 Å². The number of hydrogen-bond acceptors (Lipinski definition) is 4. The van der Waals surface area contributed by atoms with Gasteiger partial charge in [-0.2, -0.15) is 5.26 Å². The number of carbonyl (C=O) groups excluding carboxylic acids is 1. The Bertz CT molecular complexity index is 757. The lowest BCUT2D eigenvalue weighted by Gasteiger charge is -2.31. The van der Waals surface area contributed by atoms with Crippen molar-refractivity contribution in [2.45, 2.75) is 25.8 Å². The van der Waals surface area contributed by atoms with Crippen LogP contribution in [0.1, 0.15) is 40.9 Å². The Hall–Kier alpha value is -2.03. The summed E-state index contributed by atoms with van der Waals surface area (Å²) in [6, 6.07) is 13.6. The normalized spacial score (nSPS) is 15.7. The number of rotatable bonds is 5. The van der Waals surface area contributed by atoms with Crippen LogP contribution in [0.5, 0.6) is 0 Å². The molecule has 0 aliphatic carbocycles. The third kappa shape index (κ3) is 4.97. The molecular formula is C20H20BrN3O. The van der Waals surface area contributed by atoms with Crippen LogP contribution in [0.3, 0.4) is 0 Å². The summed E-state index contributed by atoms with van der Waals surface area (Å²) >= 11 is 3.34. The monoisotopic (exact) mass is 397 g/mol. The van der Waals surface area contributed by atoms with Gasteiger partial charge in [0.05, 0.1) is 11.6 Å². The van der Waals surface area contributed by atoms with Crippen molar-refractivity contribution < 1.29 is 4.79 Å². The zero-order chi connectivity index (χ0) is 17.6.